The molecule has 0 bridgehead atoms. The average Bonchev–Trinajstić information content (AvgIpc) is 2.50. The van der Waals surface area contributed by atoms with Gasteiger partial charge in [0.15, 0.2) is 5.82 Å². The number of amides is 1. The Kier molecular flexibility index (Phi) is 3.19. The van der Waals surface area contributed by atoms with Crippen LogP contribution in [0.15, 0.2) is 48.9 Å². The van der Waals surface area contributed by atoms with Crippen LogP contribution in [0, 0.1) is 5.82 Å². The topological polar surface area (TPSA) is 80.9 Å². The van der Waals surface area contributed by atoms with Gasteiger partial charge in [-0.3, -0.25) is 9.78 Å². The normalized spacial score (nSPS) is 10.5. The number of anilines is 2. The molecule has 0 aliphatic rings. The van der Waals surface area contributed by atoms with Crippen molar-refractivity contribution in [1.82, 2.24) is 9.97 Å². The van der Waals surface area contributed by atoms with Crippen molar-refractivity contribution in [3.63, 3.8) is 0 Å². The molecular weight excluding hydrogens is 271 g/mol. The number of carbonyl (C=O) groups excluding carboxylic acids is 1. The Bertz CT molecular complexity index is 835. The van der Waals surface area contributed by atoms with Crippen LogP contribution in [-0.4, -0.2) is 15.9 Å². The van der Waals surface area contributed by atoms with E-state index in [0.29, 0.717) is 22.2 Å². The summed E-state index contributed by atoms with van der Waals surface area (Å²) < 4.78 is 13.5. The van der Waals surface area contributed by atoms with Crippen LogP contribution in [0.1, 0.15) is 10.4 Å². The molecule has 1 amide bonds. The van der Waals surface area contributed by atoms with Crippen molar-refractivity contribution in [1.29, 1.82) is 0 Å². The lowest BCUT2D eigenvalue weighted by molar-refractivity contribution is 0.102. The summed E-state index contributed by atoms with van der Waals surface area (Å²) >= 11 is 0. The van der Waals surface area contributed by atoms with Crippen LogP contribution in [0.5, 0.6) is 0 Å². The summed E-state index contributed by atoms with van der Waals surface area (Å²) in [6.45, 7) is 0. The number of fused-ring (bicyclic) bond motifs is 1. The Morgan fingerprint density at radius 3 is 2.67 bits per heavy atom. The fourth-order valence-electron chi connectivity index (χ4n) is 2.06. The second-order valence-corrected chi connectivity index (χ2v) is 4.41. The molecule has 0 aliphatic heterocycles. The summed E-state index contributed by atoms with van der Waals surface area (Å²) in [5.41, 5.74) is 6.19. The van der Waals surface area contributed by atoms with Gasteiger partial charge in [0.05, 0.1) is 17.4 Å². The predicted molar refractivity (Wildman–Crippen MR) is 78.3 cm³/mol. The van der Waals surface area contributed by atoms with Gasteiger partial charge in [-0.1, -0.05) is 24.3 Å². The minimum absolute atomic E-state index is 0.0657. The van der Waals surface area contributed by atoms with E-state index in [0.717, 1.165) is 6.20 Å². The maximum atomic E-state index is 13.5. The van der Waals surface area contributed by atoms with Crippen LogP contribution in [0.4, 0.5) is 15.9 Å². The van der Waals surface area contributed by atoms with E-state index in [1.165, 1.54) is 18.5 Å². The van der Waals surface area contributed by atoms with Gasteiger partial charge < -0.3 is 11.1 Å². The first-order valence-corrected chi connectivity index (χ1v) is 6.21. The number of nitrogens with one attached hydrogen (secondary N) is 1. The molecule has 3 rings (SSSR count). The fourth-order valence-corrected chi connectivity index (χ4v) is 2.06. The molecule has 2 heterocycles. The van der Waals surface area contributed by atoms with Gasteiger partial charge >= 0.3 is 0 Å². The van der Waals surface area contributed by atoms with E-state index in [1.807, 2.05) is 6.07 Å². The van der Waals surface area contributed by atoms with Crippen LogP contribution in [-0.2, 0) is 0 Å². The molecule has 0 aliphatic carbocycles. The first-order chi connectivity index (χ1) is 10.2. The Hall–Kier alpha value is -3.02. The van der Waals surface area contributed by atoms with Gasteiger partial charge in [0.1, 0.15) is 5.82 Å². The van der Waals surface area contributed by atoms with Gasteiger partial charge in [-0.25, -0.2) is 9.37 Å². The zero-order chi connectivity index (χ0) is 14.8. The Labute approximate surface area is 119 Å². The van der Waals surface area contributed by atoms with E-state index in [9.17, 15) is 9.18 Å². The van der Waals surface area contributed by atoms with Gasteiger partial charge in [-0.05, 0) is 11.5 Å². The Morgan fingerprint density at radius 1 is 1.14 bits per heavy atom. The highest BCUT2D eigenvalue weighted by atomic mass is 19.1. The zero-order valence-corrected chi connectivity index (χ0v) is 10.9. The molecule has 1 aromatic carbocycles. The van der Waals surface area contributed by atoms with Crippen molar-refractivity contribution < 1.29 is 9.18 Å². The van der Waals surface area contributed by atoms with Crippen LogP contribution in [0.3, 0.4) is 0 Å². The van der Waals surface area contributed by atoms with E-state index in [2.05, 4.69) is 15.3 Å². The number of aromatic nitrogens is 2. The first-order valence-electron chi connectivity index (χ1n) is 6.21. The quantitative estimate of drug-likeness (QED) is 0.757. The van der Waals surface area contributed by atoms with Crippen molar-refractivity contribution in [2.24, 2.45) is 0 Å². The van der Waals surface area contributed by atoms with Gasteiger partial charge in [0.25, 0.3) is 5.91 Å². The van der Waals surface area contributed by atoms with E-state index in [4.69, 9.17) is 5.73 Å². The highest BCUT2D eigenvalue weighted by Gasteiger charge is 2.14. The van der Waals surface area contributed by atoms with E-state index in [1.54, 1.807) is 18.2 Å². The summed E-state index contributed by atoms with van der Waals surface area (Å²) in [5, 5.41) is 3.85. The lowest BCUT2D eigenvalue weighted by Crippen LogP contribution is -2.14. The van der Waals surface area contributed by atoms with Crippen molar-refractivity contribution in [3.05, 3.63) is 60.3 Å². The molecule has 3 N–H and O–H groups in total. The molecule has 3 aromatic rings. The second kappa shape index (κ2) is 5.16. The van der Waals surface area contributed by atoms with Gasteiger partial charge in [-0.2, -0.15) is 0 Å². The number of rotatable bonds is 2. The number of benzene rings is 1. The Morgan fingerprint density at radius 2 is 1.90 bits per heavy atom. The summed E-state index contributed by atoms with van der Waals surface area (Å²) in [6.07, 6.45) is 3.82. The molecule has 0 radical (unpaired) electrons. The first kappa shape index (κ1) is 13.0. The largest absolute Gasteiger partial charge is 0.383 e. The second-order valence-electron chi connectivity index (χ2n) is 4.41. The molecule has 0 atom stereocenters. The number of nitrogens with two attached hydrogens (primary N) is 1. The minimum Gasteiger partial charge on any atom is -0.383 e. The van der Waals surface area contributed by atoms with Crippen molar-refractivity contribution in [3.8, 4) is 0 Å². The number of nitrogens with zero attached hydrogens (tertiary/aromatic N) is 2. The maximum Gasteiger partial charge on any atom is 0.257 e. The average molecular weight is 282 g/mol. The van der Waals surface area contributed by atoms with Crippen LogP contribution in [0.25, 0.3) is 10.8 Å². The zero-order valence-electron chi connectivity index (χ0n) is 10.9. The SMILES string of the molecule is Nc1ncc(C(=O)Nc2ccncc2F)c2ccccc12. The number of halogens is 1. The highest BCUT2D eigenvalue weighted by Crippen LogP contribution is 2.23. The summed E-state index contributed by atoms with van der Waals surface area (Å²) in [6, 6.07) is 8.54. The van der Waals surface area contributed by atoms with Gasteiger partial charge in [0, 0.05) is 17.8 Å². The monoisotopic (exact) mass is 282 g/mol. The van der Waals surface area contributed by atoms with Crippen LogP contribution in [0.2, 0.25) is 0 Å². The van der Waals surface area contributed by atoms with Gasteiger partial charge in [0.2, 0.25) is 0 Å². The Balaban J connectivity index is 2.03. The molecular formula is C15H11FN4O. The molecule has 0 fully saturated rings. The molecule has 0 saturated heterocycles. The lowest BCUT2D eigenvalue weighted by Gasteiger charge is -2.09. The molecule has 2 aromatic heterocycles. The van der Waals surface area contributed by atoms with Crippen molar-refractivity contribution in [2.45, 2.75) is 0 Å². The smallest absolute Gasteiger partial charge is 0.257 e. The number of hydrogen-bond acceptors (Lipinski definition) is 4. The molecule has 6 heteroatoms. The van der Waals surface area contributed by atoms with E-state index in [-0.39, 0.29) is 5.69 Å². The molecule has 5 nitrogen and oxygen atoms in total. The van der Waals surface area contributed by atoms with Crippen molar-refractivity contribution >= 4 is 28.2 Å². The third kappa shape index (κ3) is 2.38. The summed E-state index contributed by atoms with van der Waals surface area (Å²) in [7, 11) is 0. The lowest BCUT2D eigenvalue weighted by atomic mass is 10.1. The highest BCUT2D eigenvalue weighted by molar-refractivity contribution is 6.14. The van der Waals surface area contributed by atoms with E-state index < -0.39 is 11.7 Å². The maximum absolute atomic E-state index is 13.5. The number of pyridine rings is 2. The van der Waals surface area contributed by atoms with E-state index >= 15 is 0 Å². The summed E-state index contributed by atoms with van der Waals surface area (Å²) in [4.78, 5) is 19.9. The molecule has 104 valence electrons. The van der Waals surface area contributed by atoms with Crippen molar-refractivity contribution in [2.75, 3.05) is 11.1 Å². The van der Waals surface area contributed by atoms with Gasteiger partial charge in [-0.15, -0.1) is 0 Å². The van der Waals surface area contributed by atoms with Crippen LogP contribution >= 0.6 is 0 Å². The standard InChI is InChI=1S/C15H11FN4O/c16-12-8-18-6-5-13(12)20-15(21)11-7-19-14(17)10-4-2-1-3-9(10)11/h1-8H,(H2,17,19)(H,18,20,21). The molecule has 0 unspecified atom stereocenters. The number of carbonyl (C=O) groups is 1. The van der Waals surface area contributed by atoms with Crippen LogP contribution < -0.4 is 11.1 Å². The molecule has 0 saturated carbocycles. The third-order valence-electron chi connectivity index (χ3n) is 3.09. The number of nitrogen functional groups attached to an aromatic ring is 1. The molecule has 0 spiro atoms. The molecule has 21 heavy (non-hydrogen) atoms. The third-order valence-corrected chi connectivity index (χ3v) is 3.09. The number of hydrogen-bond donors (Lipinski definition) is 2. The minimum atomic E-state index is -0.599. The predicted octanol–water partition coefficient (Wildman–Crippen LogP) is 2.60. The fraction of sp³-hybridized carbons (Fsp3) is 0. The summed E-state index contributed by atoms with van der Waals surface area (Å²) in [5.74, 6) is -0.709.